The zero-order valence-electron chi connectivity index (χ0n) is 47.6. The second-order valence-corrected chi connectivity index (χ2v) is 26.9. The number of piperidine rings is 2. The van der Waals surface area contributed by atoms with Gasteiger partial charge >= 0.3 is 6.03 Å². The summed E-state index contributed by atoms with van der Waals surface area (Å²) in [6, 6.07) is -6.18. The van der Waals surface area contributed by atoms with Crippen LogP contribution in [0.5, 0.6) is 0 Å². The summed E-state index contributed by atoms with van der Waals surface area (Å²) >= 11 is 0. The first-order chi connectivity index (χ1) is 36.3. The molecule has 6 aliphatic rings. The number of rotatable bonds is 9. The summed E-state index contributed by atoms with van der Waals surface area (Å²) in [7, 11) is -2.04. The average molecular weight is 1120 g/mol. The number of Topliss-reactive ketones (excluding diaryl/α,β-unsaturated/α-hetero) is 2. The molecule has 4 heterocycles. The van der Waals surface area contributed by atoms with Crippen molar-refractivity contribution in [3.05, 3.63) is 0 Å². The van der Waals surface area contributed by atoms with E-state index in [-0.39, 0.29) is 65.2 Å². The fourth-order valence-corrected chi connectivity index (χ4v) is 12.7. The van der Waals surface area contributed by atoms with Gasteiger partial charge < -0.3 is 53.4 Å². The Morgan fingerprint density at radius 1 is 0.692 bits per heavy atom. The number of carbonyl (C=O) groups excluding carboxylic acids is 9. The molecule has 0 radical (unpaired) electrons. The minimum Gasteiger partial charge on any atom is -0.483 e. The van der Waals surface area contributed by atoms with E-state index < -0.39 is 93.1 Å². The van der Waals surface area contributed by atoms with Gasteiger partial charge in [0.1, 0.15) is 18.1 Å². The predicted molar refractivity (Wildman–Crippen MR) is 291 cm³/mol. The van der Waals surface area contributed by atoms with E-state index in [0.29, 0.717) is 51.6 Å². The van der Waals surface area contributed by atoms with Gasteiger partial charge in [-0.25, -0.2) is 17.5 Å². The minimum atomic E-state index is -3.49. The highest BCUT2D eigenvalue weighted by molar-refractivity contribution is 7.88. The monoisotopic (exact) mass is 1120 g/mol. The molecule has 6 fully saturated rings. The van der Waals surface area contributed by atoms with Gasteiger partial charge in [0.25, 0.3) is 18.3 Å². The number of sulfonamides is 1. The number of urea groups is 1. The van der Waals surface area contributed by atoms with Crippen LogP contribution < -0.4 is 38.5 Å². The number of nitrogens with two attached hydrogens (primary N) is 3. The molecule has 0 spiro atoms. The van der Waals surface area contributed by atoms with E-state index in [2.05, 4.69) is 35.1 Å². The molecule has 11 atom stereocenters. The molecule has 4 aliphatic heterocycles. The highest BCUT2D eigenvalue weighted by Crippen LogP contribution is 2.66. The SMILES string of the molecule is CC1(C)[C@@H]2[C@H]3C(=O)N[C@H](C(=O)C(N)=O)CCCCCCCCC[C@H](N)C(=O)N3C[C@@H]21.CN(C[C@@H](NC(=O)N[C@H]1CCCCCCCCC[C@@H](C(=O)C(N)=O)NC(=O)[C@@H]2[C@@H]3[C@H](CN2C1=O)C3(C)C)C(C)(C)C)S(C)(=O)=O.O=CO. The molecule has 11 N–H and O–H groups in total. The Morgan fingerprint density at radius 3 is 1.42 bits per heavy atom. The molecule has 2 aliphatic carbocycles. The minimum absolute atomic E-state index is 0.0348. The van der Waals surface area contributed by atoms with Crippen molar-refractivity contribution in [1.29, 1.82) is 0 Å². The number of fused-ring (bicyclic) bond motifs is 6. The first kappa shape index (κ1) is 65.3. The second kappa shape index (κ2) is 27.8. The van der Waals surface area contributed by atoms with E-state index in [1.807, 2.05) is 34.6 Å². The summed E-state index contributed by atoms with van der Waals surface area (Å²) in [4.78, 5) is 127. The molecule has 442 valence electrons. The maximum absolute atomic E-state index is 14.2. The van der Waals surface area contributed by atoms with Crippen LogP contribution in [-0.2, 0) is 53.2 Å². The Labute approximate surface area is 461 Å². The number of primary amides is 2. The lowest BCUT2D eigenvalue weighted by Gasteiger charge is -2.36. The molecule has 24 heteroatoms. The van der Waals surface area contributed by atoms with Gasteiger partial charge in [-0.05, 0) is 65.6 Å². The highest BCUT2D eigenvalue weighted by Gasteiger charge is 2.71. The number of hydrogen-bond donors (Lipinski definition) is 8. The molecule has 4 saturated heterocycles. The van der Waals surface area contributed by atoms with Crippen molar-refractivity contribution >= 4 is 69.5 Å². The van der Waals surface area contributed by atoms with Crippen LogP contribution >= 0.6 is 0 Å². The van der Waals surface area contributed by atoms with E-state index >= 15 is 0 Å². The standard InChI is InChI=1S/C31H54N6O7S.C22H36N4O4.CH2O2/c1-30(2,3)22(18-36(6)45(7,43)44)35-29(42)34-21-16-14-12-10-8-9-11-13-15-20(25(38)26(32)39)33-27(40)24-23-19(31(23,4)5)17-37(24)28(21)41;1-22(2)13-12-26-17(16(13)22)20(29)25-15(18(27)19(24)28)11-9-7-5-3-4-6-8-10-14(23)21(26)30;2-1-3/h19-24H,8-18H2,1-7H3,(H2,32,39)(H,33,40)(H2,34,35,42);13-17H,3-12,23H2,1-2H3,(H2,24,28)(H,25,29);1H,(H,2,3)/t19-,20-,21-,22+,23-,24-;13-,14-,15-,16-,17-;/m00./s1. The Balaban J connectivity index is 0.000000343. The molecule has 0 unspecified atom stereocenters. The number of carboxylic acid groups (broad SMARTS) is 1. The number of ketones is 2. The largest absolute Gasteiger partial charge is 0.483 e. The Hall–Kier alpha value is -5.23. The Kier molecular flexibility index (Phi) is 23.2. The lowest BCUT2D eigenvalue weighted by Crippen LogP contribution is -2.60. The van der Waals surface area contributed by atoms with Crippen LogP contribution in [0.2, 0.25) is 0 Å². The van der Waals surface area contributed by atoms with Crippen molar-refractivity contribution in [1.82, 2.24) is 35.4 Å². The van der Waals surface area contributed by atoms with Crippen LogP contribution in [-0.4, -0.2) is 162 Å². The van der Waals surface area contributed by atoms with Crippen molar-refractivity contribution in [3.8, 4) is 0 Å². The van der Waals surface area contributed by atoms with Crippen LogP contribution in [0.15, 0.2) is 0 Å². The molecule has 0 aromatic rings. The van der Waals surface area contributed by atoms with Gasteiger partial charge in [0.05, 0.1) is 24.4 Å². The van der Waals surface area contributed by atoms with Gasteiger partial charge in [-0.3, -0.25) is 43.2 Å². The zero-order chi connectivity index (χ0) is 58.7. The topological polar surface area (TPSA) is 361 Å². The summed E-state index contributed by atoms with van der Waals surface area (Å²) in [5, 5.41) is 18.1. The molecular formula is C54H92N10O13S. The summed E-state index contributed by atoms with van der Waals surface area (Å²) in [5.41, 5.74) is 16.0. The highest BCUT2D eigenvalue weighted by atomic mass is 32.2. The van der Waals surface area contributed by atoms with Crippen molar-refractivity contribution in [3.63, 3.8) is 0 Å². The summed E-state index contributed by atoms with van der Waals surface area (Å²) in [6.45, 7) is 14.6. The van der Waals surface area contributed by atoms with Gasteiger partial charge in [0.15, 0.2) is 0 Å². The van der Waals surface area contributed by atoms with Crippen molar-refractivity contribution in [2.24, 2.45) is 57.1 Å². The van der Waals surface area contributed by atoms with E-state index in [1.165, 1.54) is 16.3 Å². The zero-order valence-corrected chi connectivity index (χ0v) is 48.4. The number of likely N-dealkylation sites (N-methyl/N-ethyl adjacent to an activating group) is 1. The number of nitrogens with zero attached hydrogens (tertiary/aromatic N) is 3. The van der Waals surface area contributed by atoms with Crippen molar-refractivity contribution < 1.29 is 61.5 Å². The van der Waals surface area contributed by atoms with Gasteiger partial charge in [-0.15, -0.1) is 0 Å². The number of nitrogens with one attached hydrogen (secondary N) is 4. The van der Waals surface area contributed by atoms with Crippen LogP contribution in [0.4, 0.5) is 4.79 Å². The molecule has 0 aromatic carbocycles. The maximum Gasteiger partial charge on any atom is 0.315 e. The molecule has 6 rings (SSSR count). The fraction of sp³-hybridized carbons (Fsp3) is 0.815. The molecule has 23 nitrogen and oxygen atoms in total. The molecule has 0 aromatic heterocycles. The van der Waals surface area contributed by atoms with Gasteiger partial charge in [0, 0.05) is 32.7 Å². The first-order valence-corrected chi connectivity index (χ1v) is 29.9. The fourth-order valence-electron chi connectivity index (χ4n) is 12.3. The van der Waals surface area contributed by atoms with Crippen LogP contribution in [0.1, 0.15) is 164 Å². The van der Waals surface area contributed by atoms with E-state index in [4.69, 9.17) is 27.1 Å². The van der Waals surface area contributed by atoms with Crippen molar-refractivity contribution in [2.45, 2.75) is 206 Å². The summed E-state index contributed by atoms with van der Waals surface area (Å²) in [6.07, 6.45) is 15.5. The normalized spacial score (nSPS) is 30.3. The maximum atomic E-state index is 14.2. The van der Waals surface area contributed by atoms with Gasteiger partial charge in [-0.1, -0.05) is 138 Å². The van der Waals surface area contributed by atoms with E-state index in [9.17, 15) is 51.6 Å². The van der Waals surface area contributed by atoms with E-state index in [0.717, 1.165) is 83.3 Å². The quantitative estimate of drug-likeness (QED) is 0.121. The lowest BCUT2D eigenvalue weighted by molar-refractivity contribution is -0.143. The number of hydrogen-bond acceptors (Lipinski definition) is 13. The molecule has 2 saturated carbocycles. The van der Waals surface area contributed by atoms with Gasteiger partial charge in [-0.2, -0.15) is 0 Å². The van der Waals surface area contributed by atoms with Crippen molar-refractivity contribution in [2.75, 3.05) is 32.9 Å². The smallest absolute Gasteiger partial charge is 0.315 e. The third kappa shape index (κ3) is 16.9. The second-order valence-electron chi connectivity index (χ2n) is 24.8. The lowest BCUT2D eigenvalue weighted by atomic mass is 9.86. The van der Waals surface area contributed by atoms with Crippen LogP contribution in [0.25, 0.3) is 0 Å². The van der Waals surface area contributed by atoms with Crippen LogP contribution in [0, 0.1) is 39.9 Å². The predicted octanol–water partition coefficient (Wildman–Crippen LogP) is 2.07. The Bertz CT molecular complexity index is 2310. The summed E-state index contributed by atoms with van der Waals surface area (Å²) < 4.78 is 25.3. The van der Waals surface area contributed by atoms with Crippen LogP contribution in [0.3, 0.4) is 0 Å². The molecule has 78 heavy (non-hydrogen) atoms. The first-order valence-electron chi connectivity index (χ1n) is 28.0. The molecule has 8 amide bonds. The van der Waals surface area contributed by atoms with E-state index in [1.54, 1.807) is 4.90 Å². The Morgan fingerprint density at radius 2 is 1.05 bits per heavy atom. The third-order valence-corrected chi connectivity index (χ3v) is 18.8. The van der Waals surface area contributed by atoms with Gasteiger partial charge in [0.2, 0.25) is 45.2 Å². The molecule has 0 bridgehead atoms. The summed E-state index contributed by atoms with van der Waals surface area (Å²) in [5.74, 6) is -4.97. The molecular weight excluding hydrogens is 1030 g/mol. The number of carbonyl (C=O) groups is 10. The third-order valence-electron chi connectivity index (χ3n) is 17.5. The average Bonchev–Trinajstić information content (AvgIpc) is 3.88. The number of amides is 8.